The Kier molecular flexibility index (Phi) is 9.44. The summed E-state index contributed by atoms with van der Waals surface area (Å²) < 4.78 is 16.3. The Balaban J connectivity index is 1.29. The highest BCUT2D eigenvalue weighted by Crippen LogP contribution is 2.25. The van der Waals surface area contributed by atoms with Crippen LogP contribution in [-0.4, -0.2) is 68.3 Å². The van der Waals surface area contributed by atoms with E-state index < -0.39 is 0 Å². The maximum absolute atomic E-state index is 13.1. The number of benzene rings is 3. The summed E-state index contributed by atoms with van der Waals surface area (Å²) in [7, 11) is 3.13. The molecule has 40 heavy (non-hydrogen) atoms. The summed E-state index contributed by atoms with van der Waals surface area (Å²) in [5.41, 5.74) is 2.80. The molecular weight excluding hydrogens is 528 g/mol. The van der Waals surface area contributed by atoms with Crippen LogP contribution in [0, 0.1) is 0 Å². The van der Waals surface area contributed by atoms with Gasteiger partial charge in [-0.2, -0.15) is 0 Å². The van der Waals surface area contributed by atoms with Crippen LogP contribution >= 0.6 is 12.2 Å². The van der Waals surface area contributed by atoms with Crippen molar-refractivity contribution < 1.29 is 23.8 Å². The van der Waals surface area contributed by atoms with E-state index in [1.54, 1.807) is 50.6 Å². The second kappa shape index (κ2) is 13.2. The van der Waals surface area contributed by atoms with Gasteiger partial charge in [0.2, 0.25) is 0 Å². The van der Waals surface area contributed by atoms with Gasteiger partial charge < -0.3 is 29.3 Å². The summed E-state index contributed by atoms with van der Waals surface area (Å²) >= 11 is 5.34. The Hall–Kier alpha value is -4.31. The van der Waals surface area contributed by atoms with E-state index in [4.69, 9.17) is 26.4 Å². The summed E-state index contributed by atoms with van der Waals surface area (Å²) in [6.07, 6.45) is 0.0129. The molecule has 0 spiro atoms. The molecule has 0 atom stereocenters. The lowest BCUT2D eigenvalue weighted by Crippen LogP contribution is -2.48. The molecule has 1 heterocycles. The van der Waals surface area contributed by atoms with Gasteiger partial charge in [-0.1, -0.05) is 6.07 Å². The van der Waals surface area contributed by atoms with Crippen molar-refractivity contribution in [2.45, 2.75) is 20.0 Å². The van der Waals surface area contributed by atoms with Gasteiger partial charge >= 0.3 is 0 Å². The van der Waals surface area contributed by atoms with Crippen LogP contribution in [0.1, 0.15) is 34.6 Å². The fraction of sp³-hybridized carbons (Fsp3) is 0.300. The normalized spacial score (nSPS) is 13.0. The first-order valence-corrected chi connectivity index (χ1v) is 13.4. The third kappa shape index (κ3) is 7.41. The minimum atomic E-state index is -0.317. The number of carbonyl (C=O) groups excluding carboxylic acids is 2. The lowest BCUT2D eigenvalue weighted by Gasteiger charge is -2.36. The third-order valence-corrected chi connectivity index (χ3v) is 6.55. The van der Waals surface area contributed by atoms with E-state index in [9.17, 15) is 9.59 Å². The smallest absolute Gasteiger partial charge is 0.257 e. The molecule has 0 aromatic heterocycles. The van der Waals surface area contributed by atoms with Crippen molar-refractivity contribution in [1.82, 2.24) is 10.2 Å². The minimum Gasteiger partial charge on any atom is -0.497 e. The largest absolute Gasteiger partial charge is 0.497 e. The number of hydrogen-bond donors (Lipinski definition) is 2. The number of thiocarbonyl (C=S) groups is 1. The molecule has 1 aliphatic heterocycles. The Labute approximate surface area is 240 Å². The zero-order valence-corrected chi connectivity index (χ0v) is 23.9. The number of methoxy groups -OCH3 is 2. The van der Waals surface area contributed by atoms with E-state index in [2.05, 4.69) is 15.5 Å². The molecule has 1 saturated heterocycles. The van der Waals surface area contributed by atoms with Crippen molar-refractivity contribution >= 4 is 40.5 Å². The second-order valence-electron chi connectivity index (χ2n) is 9.53. The SMILES string of the molecule is COc1cc(OC)cc(C(=O)N2CCN(c3ccc(NC(=S)NC(=O)c4cccc(OC(C)C)c4)cc3)CC2)c1. The fourth-order valence-corrected chi connectivity index (χ4v) is 4.57. The lowest BCUT2D eigenvalue weighted by atomic mass is 10.1. The number of rotatable bonds is 8. The molecule has 10 heteroatoms. The Morgan fingerprint density at radius 2 is 1.45 bits per heavy atom. The summed E-state index contributed by atoms with van der Waals surface area (Å²) in [5.74, 6) is 1.43. The maximum Gasteiger partial charge on any atom is 0.257 e. The van der Waals surface area contributed by atoms with Gasteiger partial charge in [-0.15, -0.1) is 0 Å². The van der Waals surface area contributed by atoms with Gasteiger partial charge in [0.15, 0.2) is 5.11 Å². The molecule has 0 bridgehead atoms. The number of amides is 2. The van der Waals surface area contributed by atoms with E-state index in [1.807, 2.05) is 49.1 Å². The predicted molar refractivity (Wildman–Crippen MR) is 160 cm³/mol. The Morgan fingerprint density at radius 3 is 2.05 bits per heavy atom. The third-order valence-electron chi connectivity index (χ3n) is 6.35. The van der Waals surface area contributed by atoms with Crippen LogP contribution in [0.2, 0.25) is 0 Å². The van der Waals surface area contributed by atoms with Gasteiger partial charge in [0.25, 0.3) is 11.8 Å². The number of nitrogens with zero attached hydrogens (tertiary/aromatic N) is 2. The number of ether oxygens (including phenoxy) is 3. The highest BCUT2D eigenvalue weighted by Gasteiger charge is 2.23. The first-order valence-electron chi connectivity index (χ1n) is 13.0. The van der Waals surface area contributed by atoms with Gasteiger partial charge in [0, 0.05) is 54.7 Å². The molecule has 0 radical (unpaired) electrons. The van der Waals surface area contributed by atoms with Crippen LogP contribution in [0.5, 0.6) is 17.2 Å². The topological polar surface area (TPSA) is 92.4 Å². The zero-order chi connectivity index (χ0) is 28.6. The van der Waals surface area contributed by atoms with E-state index >= 15 is 0 Å². The number of anilines is 2. The lowest BCUT2D eigenvalue weighted by molar-refractivity contribution is 0.0745. The Bertz CT molecular complexity index is 1330. The van der Waals surface area contributed by atoms with Crippen molar-refractivity contribution in [1.29, 1.82) is 0 Å². The first-order chi connectivity index (χ1) is 19.2. The molecule has 4 rings (SSSR count). The number of nitrogens with one attached hydrogen (secondary N) is 2. The molecular formula is C30H34N4O5S. The molecule has 2 N–H and O–H groups in total. The van der Waals surface area contributed by atoms with Crippen LogP contribution in [-0.2, 0) is 0 Å². The van der Waals surface area contributed by atoms with Crippen molar-refractivity contribution in [2.24, 2.45) is 0 Å². The monoisotopic (exact) mass is 562 g/mol. The zero-order valence-electron chi connectivity index (χ0n) is 23.1. The van der Waals surface area contributed by atoms with E-state index in [-0.39, 0.29) is 23.0 Å². The second-order valence-corrected chi connectivity index (χ2v) is 9.94. The Morgan fingerprint density at radius 1 is 0.825 bits per heavy atom. The average Bonchev–Trinajstić information content (AvgIpc) is 2.96. The summed E-state index contributed by atoms with van der Waals surface area (Å²) in [4.78, 5) is 29.8. The van der Waals surface area contributed by atoms with Crippen molar-refractivity contribution in [3.8, 4) is 17.2 Å². The molecule has 3 aromatic carbocycles. The molecule has 210 valence electrons. The van der Waals surface area contributed by atoms with Gasteiger partial charge in [-0.05, 0) is 80.7 Å². The van der Waals surface area contributed by atoms with E-state index in [0.717, 1.165) is 11.4 Å². The average molecular weight is 563 g/mol. The summed E-state index contributed by atoms with van der Waals surface area (Å²) in [6, 6.07) is 20.0. The van der Waals surface area contributed by atoms with Crippen molar-refractivity contribution in [2.75, 3.05) is 50.6 Å². The number of piperazine rings is 1. The van der Waals surface area contributed by atoms with E-state index in [0.29, 0.717) is 54.6 Å². The van der Waals surface area contributed by atoms with Gasteiger partial charge in [0.1, 0.15) is 17.2 Å². The summed E-state index contributed by atoms with van der Waals surface area (Å²) in [5, 5.41) is 5.97. The van der Waals surface area contributed by atoms with E-state index in [1.165, 1.54) is 0 Å². The highest BCUT2D eigenvalue weighted by molar-refractivity contribution is 7.80. The molecule has 1 fully saturated rings. The van der Waals surface area contributed by atoms with Crippen molar-refractivity contribution in [3.05, 3.63) is 77.9 Å². The van der Waals surface area contributed by atoms with Crippen LogP contribution in [0.25, 0.3) is 0 Å². The van der Waals surface area contributed by atoms with Gasteiger partial charge in [-0.25, -0.2) is 0 Å². The summed E-state index contributed by atoms with van der Waals surface area (Å²) in [6.45, 7) is 6.45. The minimum absolute atomic E-state index is 0.0129. The molecule has 0 saturated carbocycles. The van der Waals surface area contributed by atoms with Crippen LogP contribution in [0.3, 0.4) is 0 Å². The van der Waals surface area contributed by atoms with Crippen LogP contribution in [0.4, 0.5) is 11.4 Å². The van der Waals surface area contributed by atoms with Crippen LogP contribution in [0.15, 0.2) is 66.7 Å². The first kappa shape index (κ1) is 28.7. The molecule has 3 aromatic rings. The maximum atomic E-state index is 13.1. The standard InChI is InChI=1S/C30H34N4O5S/c1-20(2)39-25-7-5-6-21(16-25)28(35)32-30(40)31-23-8-10-24(11-9-23)33-12-14-34(15-13-33)29(36)22-17-26(37-3)19-27(18-22)38-4/h5-11,16-20H,12-15H2,1-4H3,(H2,31,32,35,40). The molecule has 2 amide bonds. The molecule has 9 nitrogen and oxygen atoms in total. The fourth-order valence-electron chi connectivity index (χ4n) is 4.36. The quantitative estimate of drug-likeness (QED) is 0.386. The van der Waals surface area contributed by atoms with Gasteiger partial charge in [-0.3, -0.25) is 14.9 Å². The molecule has 1 aliphatic rings. The highest BCUT2D eigenvalue weighted by atomic mass is 32.1. The van der Waals surface area contributed by atoms with Crippen molar-refractivity contribution in [3.63, 3.8) is 0 Å². The van der Waals surface area contributed by atoms with Gasteiger partial charge in [0.05, 0.1) is 20.3 Å². The molecule has 0 aliphatic carbocycles. The number of carbonyl (C=O) groups is 2. The number of hydrogen-bond acceptors (Lipinski definition) is 7. The molecule has 0 unspecified atom stereocenters. The predicted octanol–water partition coefficient (Wildman–Crippen LogP) is 4.58. The van der Waals surface area contributed by atoms with Crippen LogP contribution < -0.4 is 29.7 Å².